The van der Waals surface area contributed by atoms with Crippen molar-refractivity contribution < 1.29 is 4.74 Å². The minimum atomic E-state index is -0.216. The number of H-pyrrole nitrogens is 1. The molecule has 1 saturated heterocycles. The number of fused-ring (bicyclic) bond motifs is 1. The second-order valence-electron chi connectivity index (χ2n) is 6.85. The average molecular weight is 333 g/mol. The van der Waals surface area contributed by atoms with Crippen molar-refractivity contribution in [1.29, 1.82) is 5.26 Å². The van der Waals surface area contributed by atoms with Gasteiger partial charge < -0.3 is 14.6 Å². The van der Waals surface area contributed by atoms with Crippen molar-refractivity contribution in [2.24, 2.45) is 0 Å². The lowest BCUT2D eigenvalue weighted by molar-refractivity contribution is -0.0278. The summed E-state index contributed by atoms with van der Waals surface area (Å²) in [6.45, 7) is 6.40. The Kier molecular flexibility index (Phi) is 3.66. The van der Waals surface area contributed by atoms with E-state index < -0.39 is 0 Å². The van der Waals surface area contributed by atoms with Gasteiger partial charge in [-0.2, -0.15) is 5.26 Å². The van der Waals surface area contributed by atoms with Crippen molar-refractivity contribution >= 4 is 16.9 Å². The number of anilines is 1. The van der Waals surface area contributed by atoms with Crippen LogP contribution in [0.15, 0.2) is 36.8 Å². The van der Waals surface area contributed by atoms with Gasteiger partial charge in [-0.05, 0) is 31.5 Å². The van der Waals surface area contributed by atoms with E-state index in [2.05, 4.69) is 39.8 Å². The van der Waals surface area contributed by atoms with E-state index in [0.29, 0.717) is 12.2 Å². The number of nitrogens with one attached hydrogen (secondary N) is 1. The first-order chi connectivity index (χ1) is 12.1. The molecule has 0 spiro atoms. The van der Waals surface area contributed by atoms with E-state index >= 15 is 0 Å². The van der Waals surface area contributed by atoms with Crippen LogP contribution < -0.4 is 4.90 Å². The Morgan fingerprint density at radius 2 is 2.20 bits per heavy atom. The maximum Gasteiger partial charge on any atom is 0.143 e. The summed E-state index contributed by atoms with van der Waals surface area (Å²) in [5, 5.41) is 10.2. The fourth-order valence-corrected chi connectivity index (χ4v) is 3.37. The SMILES string of the molecule is CC1(C)CN(c2ncnc3[nH]cc(-c4cccc(C#N)c4)c23)CCO1. The molecule has 0 atom stereocenters. The molecule has 1 fully saturated rings. The van der Waals surface area contributed by atoms with Crippen molar-refractivity contribution in [2.45, 2.75) is 19.4 Å². The molecular weight excluding hydrogens is 314 g/mol. The molecule has 1 N–H and O–H groups in total. The third kappa shape index (κ3) is 2.83. The molecule has 1 aromatic carbocycles. The molecule has 0 radical (unpaired) electrons. The minimum Gasteiger partial charge on any atom is -0.372 e. The van der Waals surface area contributed by atoms with E-state index in [1.54, 1.807) is 12.4 Å². The molecule has 1 aliphatic heterocycles. The normalized spacial score (nSPS) is 16.8. The lowest BCUT2D eigenvalue weighted by Gasteiger charge is -2.39. The Balaban J connectivity index is 1.86. The lowest BCUT2D eigenvalue weighted by Crippen LogP contribution is -2.48. The highest BCUT2D eigenvalue weighted by Crippen LogP contribution is 2.35. The quantitative estimate of drug-likeness (QED) is 0.779. The van der Waals surface area contributed by atoms with Gasteiger partial charge in [0.2, 0.25) is 0 Å². The number of rotatable bonds is 2. The van der Waals surface area contributed by atoms with Crippen LogP contribution in [0, 0.1) is 11.3 Å². The molecule has 6 heteroatoms. The fraction of sp³-hybridized carbons (Fsp3) is 0.316. The van der Waals surface area contributed by atoms with Gasteiger partial charge in [0, 0.05) is 24.8 Å². The molecule has 4 rings (SSSR count). The Morgan fingerprint density at radius 3 is 3.00 bits per heavy atom. The third-order valence-electron chi connectivity index (χ3n) is 4.48. The summed E-state index contributed by atoms with van der Waals surface area (Å²) < 4.78 is 5.83. The first kappa shape index (κ1) is 15.6. The van der Waals surface area contributed by atoms with Gasteiger partial charge in [-0.15, -0.1) is 0 Å². The number of ether oxygens (including phenoxy) is 1. The molecule has 2 aromatic heterocycles. The molecule has 0 aliphatic carbocycles. The molecule has 3 aromatic rings. The van der Waals surface area contributed by atoms with Crippen LogP contribution in [-0.4, -0.2) is 40.2 Å². The molecule has 0 unspecified atom stereocenters. The number of benzene rings is 1. The first-order valence-electron chi connectivity index (χ1n) is 8.29. The second-order valence-corrected chi connectivity index (χ2v) is 6.85. The highest BCUT2D eigenvalue weighted by molar-refractivity contribution is 6.01. The molecule has 0 saturated carbocycles. The smallest absolute Gasteiger partial charge is 0.143 e. The number of aromatic nitrogens is 3. The lowest BCUT2D eigenvalue weighted by atomic mass is 10.0. The summed E-state index contributed by atoms with van der Waals surface area (Å²) >= 11 is 0. The van der Waals surface area contributed by atoms with Gasteiger partial charge in [0.25, 0.3) is 0 Å². The van der Waals surface area contributed by atoms with Gasteiger partial charge in [0.15, 0.2) is 0 Å². The third-order valence-corrected chi connectivity index (χ3v) is 4.48. The van der Waals surface area contributed by atoms with Crippen LogP contribution in [0.3, 0.4) is 0 Å². The van der Waals surface area contributed by atoms with Crippen molar-refractivity contribution in [3.05, 3.63) is 42.4 Å². The Morgan fingerprint density at radius 1 is 1.32 bits per heavy atom. The predicted molar refractivity (Wildman–Crippen MR) is 96.3 cm³/mol. The Bertz CT molecular complexity index is 969. The molecule has 25 heavy (non-hydrogen) atoms. The number of hydrogen-bond acceptors (Lipinski definition) is 5. The Labute approximate surface area is 146 Å². The maximum atomic E-state index is 9.18. The van der Waals surface area contributed by atoms with Gasteiger partial charge in [-0.25, -0.2) is 9.97 Å². The van der Waals surface area contributed by atoms with Crippen LogP contribution in [-0.2, 0) is 4.74 Å². The Hall–Kier alpha value is -2.91. The summed E-state index contributed by atoms with van der Waals surface area (Å²) in [4.78, 5) is 14.4. The zero-order valence-corrected chi connectivity index (χ0v) is 14.3. The van der Waals surface area contributed by atoms with Crippen LogP contribution >= 0.6 is 0 Å². The molecule has 3 heterocycles. The summed E-state index contributed by atoms with van der Waals surface area (Å²) in [5.41, 5.74) is 3.21. The highest BCUT2D eigenvalue weighted by atomic mass is 16.5. The maximum absolute atomic E-state index is 9.18. The van der Waals surface area contributed by atoms with E-state index in [0.717, 1.165) is 41.1 Å². The van der Waals surface area contributed by atoms with Crippen LogP contribution in [0.25, 0.3) is 22.2 Å². The first-order valence-corrected chi connectivity index (χ1v) is 8.29. The van der Waals surface area contributed by atoms with Crippen LogP contribution in [0.4, 0.5) is 5.82 Å². The number of aromatic amines is 1. The van der Waals surface area contributed by atoms with Crippen LogP contribution in [0.2, 0.25) is 0 Å². The largest absolute Gasteiger partial charge is 0.372 e. The summed E-state index contributed by atoms with van der Waals surface area (Å²) in [5.74, 6) is 0.903. The molecular formula is C19H19N5O. The van der Waals surface area contributed by atoms with E-state index in [1.807, 2.05) is 24.4 Å². The van der Waals surface area contributed by atoms with Crippen molar-refractivity contribution in [2.75, 3.05) is 24.6 Å². The molecule has 6 nitrogen and oxygen atoms in total. The topological polar surface area (TPSA) is 77.8 Å². The van der Waals surface area contributed by atoms with Crippen molar-refractivity contribution in [1.82, 2.24) is 15.0 Å². The van der Waals surface area contributed by atoms with Crippen LogP contribution in [0.1, 0.15) is 19.4 Å². The number of nitrogens with zero attached hydrogens (tertiary/aromatic N) is 4. The van der Waals surface area contributed by atoms with E-state index in [1.165, 1.54) is 0 Å². The van der Waals surface area contributed by atoms with E-state index in [-0.39, 0.29) is 5.60 Å². The monoisotopic (exact) mass is 333 g/mol. The van der Waals surface area contributed by atoms with Gasteiger partial charge in [-0.3, -0.25) is 0 Å². The zero-order valence-electron chi connectivity index (χ0n) is 14.3. The van der Waals surface area contributed by atoms with Gasteiger partial charge >= 0.3 is 0 Å². The average Bonchev–Trinajstić information content (AvgIpc) is 3.05. The number of hydrogen-bond donors (Lipinski definition) is 1. The van der Waals surface area contributed by atoms with E-state index in [4.69, 9.17) is 4.74 Å². The summed E-state index contributed by atoms with van der Waals surface area (Å²) in [6, 6.07) is 9.80. The molecule has 0 bridgehead atoms. The van der Waals surface area contributed by atoms with Crippen LogP contribution in [0.5, 0.6) is 0 Å². The van der Waals surface area contributed by atoms with Gasteiger partial charge in [0.05, 0.1) is 29.2 Å². The minimum absolute atomic E-state index is 0.216. The predicted octanol–water partition coefficient (Wildman–Crippen LogP) is 3.11. The molecule has 126 valence electrons. The second kappa shape index (κ2) is 5.87. The summed E-state index contributed by atoms with van der Waals surface area (Å²) in [6.07, 6.45) is 3.52. The highest BCUT2D eigenvalue weighted by Gasteiger charge is 2.29. The number of morpholine rings is 1. The van der Waals surface area contributed by atoms with Gasteiger partial charge in [-0.1, -0.05) is 12.1 Å². The standard InChI is InChI=1S/C19H19N5O/c1-19(2)11-24(6-7-25-19)18-16-15(10-21-17(16)22-12-23-18)14-5-3-4-13(8-14)9-20/h3-5,8,10,12H,6-7,11H2,1-2H3,(H,21,22,23). The van der Waals surface area contributed by atoms with Crippen molar-refractivity contribution in [3.8, 4) is 17.2 Å². The molecule has 0 amide bonds. The zero-order chi connectivity index (χ0) is 17.4. The molecule has 1 aliphatic rings. The number of nitriles is 1. The van der Waals surface area contributed by atoms with Crippen molar-refractivity contribution in [3.63, 3.8) is 0 Å². The fourth-order valence-electron chi connectivity index (χ4n) is 3.37. The summed E-state index contributed by atoms with van der Waals surface area (Å²) in [7, 11) is 0. The van der Waals surface area contributed by atoms with Gasteiger partial charge in [0.1, 0.15) is 17.8 Å². The van der Waals surface area contributed by atoms with E-state index in [9.17, 15) is 5.26 Å².